The van der Waals surface area contributed by atoms with Gasteiger partial charge in [-0.25, -0.2) is 8.42 Å². The summed E-state index contributed by atoms with van der Waals surface area (Å²) < 4.78 is 27.0. The summed E-state index contributed by atoms with van der Waals surface area (Å²) in [5, 5.41) is 21.0. The topological polar surface area (TPSA) is 104 Å². The quantitative estimate of drug-likeness (QED) is 0.612. The SMILES string of the molecule is Cc1ccc(O)c(S(=O)(=O)N2CCN(c3ccc([N+](=O)[O-])cc3Cl)CC2)c1. The number of nitrogens with zero attached hydrogens (tertiary/aromatic N) is 3. The lowest BCUT2D eigenvalue weighted by Gasteiger charge is -2.35. The first kappa shape index (κ1) is 19.4. The number of phenols is 1. The number of benzene rings is 2. The van der Waals surface area contributed by atoms with Crippen molar-refractivity contribution >= 4 is 33.0 Å². The van der Waals surface area contributed by atoms with Crippen LogP contribution >= 0.6 is 11.6 Å². The first-order valence-corrected chi connectivity index (χ1v) is 10.0. The standard InChI is InChI=1S/C17H18ClN3O5S/c1-12-2-5-16(22)17(10-12)27(25,26)20-8-6-19(7-9-20)15-4-3-13(21(23)24)11-14(15)18/h2-5,10-11,22H,6-9H2,1H3. The molecule has 144 valence electrons. The predicted molar refractivity (Wildman–Crippen MR) is 102 cm³/mol. The summed E-state index contributed by atoms with van der Waals surface area (Å²) in [6.45, 7) is 2.94. The molecule has 1 aliphatic rings. The first-order valence-electron chi connectivity index (χ1n) is 8.19. The number of piperazine rings is 1. The van der Waals surface area contributed by atoms with E-state index in [9.17, 15) is 23.6 Å². The number of hydrogen-bond acceptors (Lipinski definition) is 6. The van der Waals surface area contributed by atoms with Gasteiger partial charge in [0.25, 0.3) is 5.69 Å². The van der Waals surface area contributed by atoms with Gasteiger partial charge in [-0.1, -0.05) is 17.7 Å². The highest BCUT2D eigenvalue weighted by Gasteiger charge is 2.31. The molecule has 3 rings (SSSR count). The third-order valence-corrected chi connectivity index (χ3v) is 6.69. The molecular weight excluding hydrogens is 394 g/mol. The number of aromatic hydroxyl groups is 1. The van der Waals surface area contributed by atoms with Gasteiger partial charge >= 0.3 is 0 Å². The number of nitro groups is 1. The second kappa shape index (κ2) is 7.34. The summed E-state index contributed by atoms with van der Waals surface area (Å²) in [5.41, 5.74) is 1.26. The largest absolute Gasteiger partial charge is 0.507 e. The van der Waals surface area contributed by atoms with E-state index in [0.29, 0.717) is 18.8 Å². The first-order chi connectivity index (χ1) is 12.7. The Morgan fingerprint density at radius 2 is 1.78 bits per heavy atom. The lowest BCUT2D eigenvalue weighted by Crippen LogP contribution is -2.48. The lowest BCUT2D eigenvalue weighted by atomic mass is 10.2. The molecule has 0 unspecified atom stereocenters. The maximum atomic E-state index is 12.8. The van der Waals surface area contributed by atoms with Crippen molar-refractivity contribution in [3.8, 4) is 5.75 Å². The molecule has 27 heavy (non-hydrogen) atoms. The number of anilines is 1. The fourth-order valence-corrected chi connectivity index (χ4v) is 4.89. The summed E-state index contributed by atoms with van der Waals surface area (Å²) in [6, 6.07) is 8.68. The molecule has 0 spiro atoms. The van der Waals surface area contributed by atoms with E-state index in [1.807, 2.05) is 4.90 Å². The average molecular weight is 412 g/mol. The number of phenolic OH excluding ortho intramolecular Hbond substituents is 1. The lowest BCUT2D eigenvalue weighted by molar-refractivity contribution is -0.384. The van der Waals surface area contributed by atoms with Crippen molar-refractivity contribution in [2.24, 2.45) is 0 Å². The molecule has 2 aromatic rings. The van der Waals surface area contributed by atoms with Gasteiger partial charge in [-0.05, 0) is 30.7 Å². The summed E-state index contributed by atoms with van der Waals surface area (Å²) in [6.07, 6.45) is 0. The summed E-state index contributed by atoms with van der Waals surface area (Å²) in [4.78, 5) is 12.1. The van der Waals surface area contributed by atoms with E-state index in [1.54, 1.807) is 19.1 Å². The third kappa shape index (κ3) is 3.85. The molecule has 2 aromatic carbocycles. The maximum absolute atomic E-state index is 12.8. The molecule has 10 heteroatoms. The Hall–Kier alpha value is -2.36. The van der Waals surface area contributed by atoms with E-state index >= 15 is 0 Å². The molecule has 0 radical (unpaired) electrons. The van der Waals surface area contributed by atoms with Crippen molar-refractivity contribution in [3.05, 3.63) is 57.1 Å². The minimum absolute atomic E-state index is 0.0973. The number of halogens is 1. The van der Waals surface area contributed by atoms with Crippen molar-refractivity contribution in [3.63, 3.8) is 0 Å². The van der Waals surface area contributed by atoms with Crippen LogP contribution in [0.5, 0.6) is 5.75 Å². The van der Waals surface area contributed by atoms with Gasteiger partial charge in [-0.15, -0.1) is 0 Å². The Kier molecular flexibility index (Phi) is 5.27. The zero-order chi connectivity index (χ0) is 19.8. The zero-order valence-electron chi connectivity index (χ0n) is 14.5. The van der Waals surface area contributed by atoms with Crippen LogP contribution < -0.4 is 4.90 Å². The Morgan fingerprint density at radius 1 is 1.11 bits per heavy atom. The van der Waals surface area contributed by atoms with E-state index in [-0.39, 0.29) is 34.4 Å². The molecule has 0 aromatic heterocycles. The van der Waals surface area contributed by atoms with Crippen LogP contribution in [0.3, 0.4) is 0 Å². The van der Waals surface area contributed by atoms with Crippen LogP contribution in [0.4, 0.5) is 11.4 Å². The van der Waals surface area contributed by atoms with Crippen LogP contribution in [0.25, 0.3) is 0 Å². The zero-order valence-corrected chi connectivity index (χ0v) is 16.1. The smallest absolute Gasteiger partial charge is 0.271 e. The average Bonchev–Trinajstić information content (AvgIpc) is 2.63. The van der Waals surface area contributed by atoms with Crippen molar-refractivity contribution in [2.75, 3.05) is 31.1 Å². The van der Waals surface area contributed by atoms with E-state index in [0.717, 1.165) is 5.56 Å². The molecule has 1 saturated heterocycles. The Bertz CT molecular complexity index is 988. The van der Waals surface area contributed by atoms with Gasteiger partial charge in [0.1, 0.15) is 10.6 Å². The van der Waals surface area contributed by atoms with E-state index < -0.39 is 14.9 Å². The molecule has 0 saturated carbocycles. The predicted octanol–water partition coefficient (Wildman–Crippen LogP) is 2.77. The number of hydrogen-bond donors (Lipinski definition) is 1. The summed E-state index contributed by atoms with van der Waals surface area (Å²) >= 11 is 6.16. The normalized spacial score (nSPS) is 15.7. The molecule has 0 atom stereocenters. The van der Waals surface area contributed by atoms with E-state index in [1.165, 1.54) is 28.6 Å². The monoisotopic (exact) mass is 411 g/mol. The molecular formula is C17H18ClN3O5S. The molecule has 0 aliphatic carbocycles. The van der Waals surface area contributed by atoms with Gasteiger partial charge < -0.3 is 10.0 Å². The number of aryl methyl sites for hydroxylation is 1. The van der Waals surface area contributed by atoms with Gasteiger partial charge in [0.15, 0.2) is 0 Å². The summed E-state index contributed by atoms with van der Waals surface area (Å²) in [5.74, 6) is -0.276. The van der Waals surface area contributed by atoms with E-state index in [2.05, 4.69) is 0 Å². The van der Waals surface area contributed by atoms with Crippen LogP contribution in [0.1, 0.15) is 5.56 Å². The molecule has 1 heterocycles. The molecule has 0 bridgehead atoms. The maximum Gasteiger partial charge on any atom is 0.271 e. The minimum Gasteiger partial charge on any atom is -0.507 e. The van der Waals surface area contributed by atoms with Gasteiger partial charge in [0, 0.05) is 38.3 Å². The van der Waals surface area contributed by atoms with Crippen LogP contribution in [0.2, 0.25) is 5.02 Å². The summed E-state index contributed by atoms with van der Waals surface area (Å²) in [7, 11) is -3.81. The van der Waals surface area contributed by atoms with Gasteiger partial charge in [0.2, 0.25) is 10.0 Å². The Balaban J connectivity index is 1.77. The molecule has 1 N–H and O–H groups in total. The second-order valence-electron chi connectivity index (χ2n) is 6.26. The Labute approximate surface area is 161 Å². The van der Waals surface area contributed by atoms with Crippen molar-refractivity contribution in [1.29, 1.82) is 0 Å². The highest BCUT2D eigenvalue weighted by molar-refractivity contribution is 7.89. The van der Waals surface area contributed by atoms with Crippen LogP contribution in [0.15, 0.2) is 41.3 Å². The van der Waals surface area contributed by atoms with Gasteiger partial charge in [-0.2, -0.15) is 4.31 Å². The van der Waals surface area contributed by atoms with E-state index in [4.69, 9.17) is 11.6 Å². The fraction of sp³-hybridized carbons (Fsp3) is 0.294. The van der Waals surface area contributed by atoms with Crippen molar-refractivity contribution < 1.29 is 18.4 Å². The Morgan fingerprint density at radius 3 is 2.37 bits per heavy atom. The minimum atomic E-state index is -3.81. The number of rotatable bonds is 4. The fourth-order valence-electron chi connectivity index (χ4n) is 3.00. The molecule has 1 aliphatic heterocycles. The van der Waals surface area contributed by atoms with Crippen molar-refractivity contribution in [2.45, 2.75) is 11.8 Å². The second-order valence-corrected chi connectivity index (χ2v) is 8.57. The van der Waals surface area contributed by atoms with Crippen LogP contribution in [-0.4, -0.2) is 48.9 Å². The highest BCUT2D eigenvalue weighted by Crippen LogP contribution is 2.32. The molecule has 8 nitrogen and oxygen atoms in total. The molecule has 1 fully saturated rings. The number of non-ortho nitro benzene ring substituents is 1. The van der Waals surface area contributed by atoms with Crippen LogP contribution in [-0.2, 0) is 10.0 Å². The van der Waals surface area contributed by atoms with Gasteiger partial charge in [0.05, 0.1) is 15.6 Å². The molecule has 0 amide bonds. The van der Waals surface area contributed by atoms with Gasteiger partial charge in [-0.3, -0.25) is 10.1 Å². The number of sulfonamides is 1. The van der Waals surface area contributed by atoms with Crippen LogP contribution in [0, 0.1) is 17.0 Å². The van der Waals surface area contributed by atoms with Crippen molar-refractivity contribution in [1.82, 2.24) is 4.31 Å². The number of nitro benzene ring substituents is 1. The highest BCUT2D eigenvalue weighted by atomic mass is 35.5. The third-order valence-electron chi connectivity index (χ3n) is 4.45.